The van der Waals surface area contributed by atoms with Crippen molar-refractivity contribution in [3.8, 4) is 11.5 Å². The van der Waals surface area contributed by atoms with Crippen LogP contribution >= 0.6 is 0 Å². The van der Waals surface area contributed by atoms with Gasteiger partial charge in [-0.05, 0) is 41.3 Å². The normalized spacial score (nSPS) is 10.3. The summed E-state index contributed by atoms with van der Waals surface area (Å²) in [4.78, 5) is 23.1. The van der Waals surface area contributed by atoms with E-state index in [0.717, 1.165) is 5.56 Å². The number of ether oxygens (including phenoxy) is 1. The van der Waals surface area contributed by atoms with Crippen LogP contribution in [0.25, 0.3) is 0 Å². The molecule has 218 valence electrons. The van der Waals surface area contributed by atoms with Crippen molar-refractivity contribution in [2.24, 2.45) is 0 Å². The van der Waals surface area contributed by atoms with Crippen LogP contribution in [0.5, 0.6) is 11.5 Å². The Hall–Kier alpha value is -3.96. The van der Waals surface area contributed by atoms with Gasteiger partial charge in [0, 0.05) is 19.6 Å². The van der Waals surface area contributed by atoms with Gasteiger partial charge >= 0.3 is 11.9 Å². The van der Waals surface area contributed by atoms with Crippen molar-refractivity contribution >= 4 is 11.9 Å². The monoisotopic (exact) mass is 557 g/mol. The minimum atomic E-state index is -1.11. The zero-order valence-electron chi connectivity index (χ0n) is 22.8. The van der Waals surface area contributed by atoms with Gasteiger partial charge in [-0.1, -0.05) is 62.4 Å². The Morgan fingerprint density at radius 1 is 0.725 bits per heavy atom. The van der Waals surface area contributed by atoms with Gasteiger partial charge in [0.25, 0.3) is 0 Å². The van der Waals surface area contributed by atoms with Crippen LogP contribution in [0.2, 0.25) is 0 Å². The van der Waals surface area contributed by atoms with Gasteiger partial charge in [0.05, 0.1) is 19.8 Å². The number of para-hydroxylation sites is 2. The highest BCUT2D eigenvalue weighted by molar-refractivity contribution is 5.91. The molecule has 0 spiro atoms. The van der Waals surface area contributed by atoms with Crippen LogP contribution in [0.4, 0.5) is 0 Å². The number of aliphatic hydroxyl groups excluding tert-OH is 3. The summed E-state index contributed by atoms with van der Waals surface area (Å²) in [5.74, 6) is -1.39. The number of carbonyl (C=O) groups is 2. The number of benzene rings is 3. The lowest BCUT2D eigenvalue weighted by atomic mass is 10.0. The van der Waals surface area contributed by atoms with E-state index in [2.05, 4.69) is 26.0 Å². The molecule has 0 saturated heterocycles. The van der Waals surface area contributed by atoms with Crippen LogP contribution in [0.15, 0.2) is 72.8 Å². The zero-order chi connectivity index (χ0) is 29.9. The summed E-state index contributed by atoms with van der Waals surface area (Å²) < 4.78 is 5.60. The molecule has 3 aromatic rings. The standard InChI is InChI=1S/C17H18O3.C7H6O3.C6H15NO3/c1-12(2)14-9-7-13(8-10-14)11-20-16-6-4-3-5-15(16)17(18)19;8-6-4-2-1-3-5(6)7(9)10;8-4-1-7(2-5-9)3-6-10/h3-10,12H,11H2,1-2H3,(H,18,19);1-4,8H,(H,9,10);8-10H,1-6H2. The molecule has 40 heavy (non-hydrogen) atoms. The van der Waals surface area contributed by atoms with Crippen molar-refractivity contribution in [3.05, 3.63) is 95.1 Å². The van der Waals surface area contributed by atoms with Crippen LogP contribution in [0.3, 0.4) is 0 Å². The van der Waals surface area contributed by atoms with E-state index < -0.39 is 11.9 Å². The van der Waals surface area contributed by atoms with Crippen molar-refractivity contribution in [3.63, 3.8) is 0 Å². The fourth-order valence-electron chi connectivity index (χ4n) is 3.34. The first-order valence-electron chi connectivity index (χ1n) is 12.7. The predicted molar refractivity (Wildman–Crippen MR) is 151 cm³/mol. The summed E-state index contributed by atoms with van der Waals surface area (Å²) in [6, 6.07) is 20.7. The fraction of sp³-hybridized carbons (Fsp3) is 0.333. The Morgan fingerprint density at radius 3 is 1.62 bits per heavy atom. The summed E-state index contributed by atoms with van der Waals surface area (Å²) in [5, 5.41) is 51.8. The third kappa shape index (κ3) is 12.7. The van der Waals surface area contributed by atoms with Crippen molar-refractivity contribution in [2.45, 2.75) is 26.4 Å². The number of carboxylic acid groups (broad SMARTS) is 2. The second kappa shape index (κ2) is 19.2. The number of aromatic hydroxyl groups is 1. The highest BCUT2D eigenvalue weighted by Gasteiger charge is 2.10. The maximum absolute atomic E-state index is 11.1. The quantitative estimate of drug-likeness (QED) is 0.194. The van der Waals surface area contributed by atoms with Gasteiger partial charge in [-0.3, -0.25) is 4.90 Å². The maximum Gasteiger partial charge on any atom is 0.339 e. The number of rotatable bonds is 12. The number of phenols is 1. The zero-order valence-corrected chi connectivity index (χ0v) is 22.8. The molecule has 10 heteroatoms. The van der Waals surface area contributed by atoms with E-state index in [0.29, 0.717) is 37.9 Å². The number of hydrogen-bond acceptors (Lipinski definition) is 8. The van der Waals surface area contributed by atoms with E-state index in [1.807, 2.05) is 12.1 Å². The van der Waals surface area contributed by atoms with E-state index in [9.17, 15) is 9.59 Å². The number of nitrogens with zero attached hydrogens (tertiary/aromatic N) is 1. The Labute approximate surface area is 234 Å². The highest BCUT2D eigenvalue weighted by atomic mass is 16.5. The van der Waals surface area contributed by atoms with Crippen LogP contribution in [0.1, 0.15) is 51.6 Å². The Balaban J connectivity index is 0.000000337. The Bertz CT molecular complexity index is 1140. The second-order valence-corrected chi connectivity index (χ2v) is 8.82. The second-order valence-electron chi connectivity index (χ2n) is 8.82. The van der Waals surface area contributed by atoms with Gasteiger partial charge in [-0.2, -0.15) is 0 Å². The predicted octanol–water partition coefficient (Wildman–Crippen LogP) is 3.44. The van der Waals surface area contributed by atoms with Gasteiger partial charge in [0.1, 0.15) is 29.2 Å². The summed E-state index contributed by atoms with van der Waals surface area (Å²) in [6.07, 6.45) is 0. The van der Waals surface area contributed by atoms with Gasteiger partial charge in [0.2, 0.25) is 0 Å². The first-order valence-corrected chi connectivity index (χ1v) is 12.7. The highest BCUT2D eigenvalue weighted by Crippen LogP contribution is 2.20. The molecule has 6 N–H and O–H groups in total. The molecule has 0 atom stereocenters. The average Bonchev–Trinajstić information content (AvgIpc) is 2.93. The first kappa shape index (κ1) is 34.1. The molecule has 0 fully saturated rings. The Kier molecular flexibility index (Phi) is 16.3. The van der Waals surface area contributed by atoms with Crippen LogP contribution < -0.4 is 4.74 Å². The topological polar surface area (TPSA) is 168 Å². The summed E-state index contributed by atoms with van der Waals surface area (Å²) in [7, 11) is 0. The molecule has 0 saturated carbocycles. The molecule has 3 rings (SSSR count). The van der Waals surface area contributed by atoms with E-state index in [1.54, 1.807) is 41.3 Å². The number of aromatic carboxylic acids is 2. The van der Waals surface area contributed by atoms with Gasteiger partial charge in [-0.15, -0.1) is 0 Å². The molecule has 0 heterocycles. The van der Waals surface area contributed by atoms with Crippen molar-refractivity contribution in [1.29, 1.82) is 0 Å². The Morgan fingerprint density at radius 2 is 1.20 bits per heavy atom. The van der Waals surface area contributed by atoms with E-state index in [1.165, 1.54) is 17.7 Å². The fourth-order valence-corrected chi connectivity index (χ4v) is 3.34. The lowest BCUT2D eigenvalue weighted by Gasteiger charge is -2.17. The first-order chi connectivity index (χ1) is 19.1. The molecule has 0 aliphatic heterocycles. The van der Waals surface area contributed by atoms with E-state index in [-0.39, 0.29) is 36.7 Å². The molecule has 0 unspecified atom stereocenters. The third-order valence-electron chi connectivity index (χ3n) is 5.54. The number of hydrogen-bond donors (Lipinski definition) is 6. The molecule has 10 nitrogen and oxygen atoms in total. The average molecular weight is 558 g/mol. The van der Waals surface area contributed by atoms with Gasteiger partial charge in [0.15, 0.2) is 0 Å². The lowest BCUT2D eigenvalue weighted by Crippen LogP contribution is -2.32. The molecule has 3 aromatic carbocycles. The van der Waals surface area contributed by atoms with Crippen LogP contribution in [-0.2, 0) is 6.61 Å². The molecular formula is C30H39NO9. The smallest absolute Gasteiger partial charge is 0.339 e. The van der Waals surface area contributed by atoms with Crippen molar-refractivity contribution in [2.75, 3.05) is 39.5 Å². The van der Waals surface area contributed by atoms with Crippen LogP contribution in [0, 0.1) is 0 Å². The summed E-state index contributed by atoms with van der Waals surface area (Å²) in [5.41, 5.74) is 2.42. The minimum absolute atomic E-state index is 0.0671. The number of carboxylic acids is 2. The summed E-state index contributed by atoms with van der Waals surface area (Å²) >= 11 is 0. The molecule has 0 aromatic heterocycles. The van der Waals surface area contributed by atoms with Crippen molar-refractivity contribution in [1.82, 2.24) is 4.90 Å². The maximum atomic E-state index is 11.1. The van der Waals surface area contributed by atoms with Gasteiger partial charge in [-0.25, -0.2) is 9.59 Å². The van der Waals surface area contributed by atoms with E-state index >= 15 is 0 Å². The third-order valence-corrected chi connectivity index (χ3v) is 5.54. The molecular weight excluding hydrogens is 518 g/mol. The largest absolute Gasteiger partial charge is 0.507 e. The van der Waals surface area contributed by atoms with Crippen molar-refractivity contribution < 1.29 is 45.0 Å². The van der Waals surface area contributed by atoms with Gasteiger partial charge < -0.3 is 35.4 Å². The molecule has 0 amide bonds. The molecule has 0 radical (unpaired) electrons. The van der Waals surface area contributed by atoms with Crippen LogP contribution in [-0.4, -0.2) is 86.9 Å². The number of aliphatic hydroxyl groups is 3. The summed E-state index contributed by atoms with van der Waals surface area (Å²) in [6.45, 7) is 6.41. The molecule has 0 bridgehead atoms. The SMILES string of the molecule is CC(C)c1ccc(COc2ccccc2C(=O)O)cc1.O=C(O)c1ccccc1O.OCCN(CCO)CCO. The molecule has 0 aliphatic rings. The van der Waals surface area contributed by atoms with E-state index in [4.69, 9.17) is 35.4 Å². The minimum Gasteiger partial charge on any atom is -0.507 e. The lowest BCUT2D eigenvalue weighted by molar-refractivity contribution is 0.0681. The molecule has 0 aliphatic carbocycles.